The van der Waals surface area contributed by atoms with Gasteiger partial charge in [-0.3, -0.25) is 19.2 Å². The topological polar surface area (TPSA) is 68.3 Å². The van der Waals surface area contributed by atoms with Crippen molar-refractivity contribution >= 4 is 90.0 Å². The molecule has 4 heterocycles. The molecule has 0 bridgehead atoms. The highest BCUT2D eigenvalue weighted by Crippen LogP contribution is 2.47. The summed E-state index contributed by atoms with van der Waals surface area (Å²) in [5.41, 5.74) is 4.56. The van der Waals surface area contributed by atoms with Gasteiger partial charge in [-0.2, -0.15) is 0 Å². The van der Waals surface area contributed by atoms with Crippen molar-refractivity contribution in [1.29, 1.82) is 0 Å². The predicted molar refractivity (Wildman–Crippen MR) is 182 cm³/mol. The molecule has 8 rings (SSSR count). The molecule has 8 heteroatoms. The number of benzene rings is 2. The summed E-state index contributed by atoms with van der Waals surface area (Å²) in [5, 5.41) is 0. The molecule has 0 spiro atoms. The van der Waals surface area contributed by atoms with Gasteiger partial charge in [-0.05, 0) is 61.4 Å². The molecule has 2 aliphatic carbocycles. The number of thiophene rings is 4. The second-order valence-electron chi connectivity index (χ2n) is 10.8. The number of rotatable bonds is 4. The maximum absolute atomic E-state index is 12.9. The number of allylic oxidation sites excluding steroid dienone is 2. The Morgan fingerprint density at radius 1 is 0.477 bits per heavy atom. The van der Waals surface area contributed by atoms with E-state index in [1.165, 1.54) is 9.40 Å². The number of ketones is 4. The summed E-state index contributed by atoms with van der Waals surface area (Å²) in [5.74, 6) is -0.844. The molecule has 2 aromatic carbocycles. The molecule has 4 aromatic heterocycles. The first-order chi connectivity index (χ1) is 21.3. The van der Waals surface area contributed by atoms with Gasteiger partial charge in [0.15, 0.2) is 23.1 Å². The van der Waals surface area contributed by atoms with Gasteiger partial charge in [0.2, 0.25) is 0 Å². The van der Waals surface area contributed by atoms with Crippen LogP contribution in [-0.2, 0) is 0 Å². The third kappa shape index (κ3) is 4.21. The molecular formula is C36H20O4S4. The smallest absolute Gasteiger partial charge is 0.197 e. The Morgan fingerprint density at radius 2 is 0.818 bits per heavy atom. The van der Waals surface area contributed by atoms with E-state index in [0.717, 1.165) is 40.4 Å². The maximum Gasteiger partial charge on any atom is 0.197 e. The van der Waals surface area contributed by atoms with Gasteiger partial charge in [-0.15, -0.1) is 45.3 Å². The van der Waals surface area contributed by atoms with E-state index in [0.29, 0.717) is 22.3 Å². The Balaban J connectivity index is 1.07. The molecule has 2 aliphatic rings. The Kier molecular flexibility index (Phi) is 6.25. The van der Waals surface area contributed by atoms with E-state index in [-0.39, 0.29) is 34.3 Å². The molecule has 0 saturated carbocycles. The van der Waals surface area contributed by atoms with Crippen molar-refractivity contribution in [3.63, 3.8) is 0 Å². The lowest BCUT2D eigenvalue weighted by molar-refractivity contribution is 0.0975. The quantitative estimate of drug-likeness (QED) is 0.142. The molecule has 0 N–H and O–H groups in total. The molecule has 0 unspecified atom stereocenters. The minimum Gasteiger partial charge on any atom is -0.288 e. The van der Waals surface area contributed by atoms with Crippen LogP contribution in [-0.4, -0.2) is 23.1 Å². The maximum atomic E-state index is 12.9. The standard InChI is InChI=1S/C36H20O4S4/c1-17-11-19(13-25-31(37)21-7-3-4-8-22(21)32(25)38)41-35(17)29-15-27-28(43-29)16-30(44-27)36-18(2)12-20(42-36)14-26-33(39)23-9-5-6-10-24(23)34(26)40/h3-16H,1-2H3. The number of aryl methyl sites for hydroxylation is 2. The van der Waals surface area contributed by atoms with Gasteiger partial charge in [-0.1, -0.05) is 48.5 Å². The first-order valence-electron chi connectivity index (χ1n) is 13.8. The Morgan fingerprint density at radius 3 is 1.16 bits per heavy atom. The monoisotopic (exact) mass is 644 g/mol. The molecule has 44 heavy (non-hydrogen) atoms. The third-order valence-electron chi connectivity index (χ3n) is 7.91. The van der Waals surface area contributed by atoms with E-state index in [1.54, 1.807) is 106 Å². The van der Waals surface area contributed by atoms with Crippen LogP contribution in [0.3, 0.4) is 0 Å². The highest BCUT2D eigenvalue weighted by atomic mass is 32.1. The van der Waals surface area contributed by atoms with Gasteiger partial charge in [0.25, 0.3) is 0 Å². The van der Waals surface area contributed by atoms with Gasteiger partial charge in [0.1, 0.15) is 0 Å². The highest BCUT2D eigenvalue weighted by Gasteiger charge is 2.34. The first kappa shape index (κ1) is 27.2. The van der Waals surface area contributed by atoms with Crippen LogP contribution in [0.1, 0.15) is 62.3 Å². The number of carbonyl (C=O) groups excluding carboxylic acids is 4. The SMILES string of the molecule is Cc1cc(C=C2C(=O)c3ccccc3C2=O)sc1-c1cc2sc(-c3sc(C=C4C(=O)c5ccccc5C4=O)cc3C)cc2s1. The van der Waals surface area contributed by atoms with Crippen molar-refractivity contribution in [2.75, 3.05) is 0 Å². The summed E-state index contributed by atoms with van der Waals surface area (Å²) in [6.45, 7) is 4.12. The van der Waals surface area contributed by atoms with Crippen LogP contribution < -0.4 is 0 Å². The summed E-state index contributed by atoms with van der Waals surface area (Å²) < 4.78 is 2.38. The van der Waals surface area contributed by atoms with Crippen molar-refractivity contribution in [2.45, 2.75) is 13.8 Å². The van der Waals surface area contributed by atoms with Crippen LogP contribution in [0.4, 0.5) is 0 Å². The van der Waals surface area contributed by atoms with Gasteiger partial charge >= 0.3 is 0 Å². The minimum absolute atomic E-state index is 0.211. The number of fused-ring (bicyclic) bond motifs is 3. The Hall–Kier alpha value is -4.34. The largest absolute Gasteiger partial charge is 0.288 e. The van der Waals surface area contributed by atoms with Crippen LogP contribution in [0.25, 0.3) is 41.1 Å². The molecule has 0 fully saturated rings. The van der Waals surface area contributed by atoms with Crippen LogP contribution in [0, 0.1) is 13.8 Å². The van der Waals surface area contributed by atoms with Crippen molar-refractivity contribution in [3.05, 3.63) is 127 Å². The molecule has 0 atom stereocenters. The fourth-order valence-corrected chi connectivity index (χ4v) is 10.8. The minimum atomic E-state index is -0.211. The molecule has 0 saturated heterocycles. The van der Waals surface area contributed by atoms with Crippen molar-refractivity contribution < 1.29 is 19.2 Å². The third-order valence-corrected chi connectivity index (χ3v) is 12.9. The number of hydrogen-bond acceptors (Lipinski definition) is 8. The summed E-state index contributed by atoms with van der Waals surface area (Å²) in [6, 6.07) is 22.5. The van der Waals surface area contributed by atoms with Crippen LogP contribution in [0.15, 0.2) is 83.9 Å². The van der Waals surface area contributed by atoms with Crippen LogP contribution >= 0.6 is 45.3 Å². The van der Waals surface area contributed by atoms with E-state index in [1.807, 2.05) is 12.1 Å². The van der Waals surface area contributed by atoms with Gasteiger partial charge in [-0.25, -0.2) is 0 Å². The fourth-order valence-electron chi connectivity index (χ4n) is 5.80. The van der Waals surface area contributed by atoms with Crippen LogP contribution in [0.2, 0.25) is 0 Å². The lowest BCUT2D eigenvalue weighted by atomic mass is 10.1. The Labute approximate surface area is 268 Å². The van der Waals surface area contributed by atoms with E-state index in [9.17, 15) is 19.2 Å². The molecule has 6 aromatic rings. The average Bonchev–Trinajstić information content (AvgIpc) is 3.84. The van der Waals surface area contributed by atoms with E-state index < -0.39 is 0 Å². The molecule has 0 amide bonds. The lowest BCUT2D eigenvalue weighted by Gasteiger charge is -1.95. The molecule has 0 aliphatic heterocycles. The predicted octanol–water partition coefficient (Wildman–Crippen LogP) is 9.96. The van der Waals surface area contributed by atoms with Crippen LogP contribution in [0.5, 0.6) is 0 Å². The summed E-state index contributed by atoms with van der Waals surface area (Å²) in [6.07, 6.45) is 3.47. The van der Waals surface area contributed by atoms with E-state index >= 15 is 0 Å². The molecular weight excluding hydrogens is 625 g/mol. The summed E-state index contributed by atoms with van der Waals surface area (Å²) >= 11 is 6.64. The van der Waals surface area contributed by atoms with Crippen molar-refractivity contribution in [1.82, 2.24) is 0 Å². The summed E-state index contributed by atoms with van der Waals surface area (Å²) in [7, 11) is 0. The first-order valence-corrected chi connectivity index (χ1v) is 17.1. The van der Waals surface area contributed by atoms with Gasteiger partial charge < -0.3 is 0 Å². The highest BCUT2D eigenvalue weighted by molar-refractivity contribution is 7.33. The zero-order valence-corrected chi connectivity index (χ0v) is 26.6. The fraction of sp³-hybridized carbons (Fsp3) is 0.0556. The van der Waals surface area contributed by atoms with Gasteiger partial charge in [0.05, 0.1) is 11.1 Å². The summed E-state index contributed by atoms with van der Waals surface area (Å²) in [4.78, 5) is 57.9. The second-order valence-corrected chi connectivity index (χ2v) is 15.1. The molecule has 0 radical (unpaired) electrons. The van der Waals surface area contributed by atoms with Crippen molar-refractivity contribution in [3.8, 4) is 19.5 Å². The average molecular weight is 645 g/mol. The zero-order chi connectivity index (χ0) is 30.3. The van der Waals surface area contributed by atoms with E-state index in [4.69, 9.17) is 0 Å². The number of Topliss-reactive ketones (excluding diaryl/α,β-unsaturated/α-hetero) is 4. The molecule has 212 valence electrons. The van der Waals surface area contributed by atoms with E-state index in [2.05, 4.69) is 26.0 Å². The lowest BCUT2D eigenvalue weighted by Crippen LogP contribution is -1.99. The zero-order valence-electron chi connectivity index (χ0n) is 23.3. The molecule has 4 nitrogen and oxygen atoms in total. The second kappa shape index (κ2) is 10.1. The normalized spacial score (nSPS) is 14.2. The Bertz CT molecular complexity index is 2070. The van der Waals surface area contributed by atoms with Gasteiger partial charge in [0, 0.05) is 60.9 Å². The van der Waals surface area contributed by atoms with Crippen molar-refractivity contribution in [2.24, 2.45) is 0 Å². The number of carbonyl (C=O) groups is 4. The number of hydrogen-bond donors (Lipinski definition) is 0.